The molecule has 0 saturated carbocycles. The second-order valence-corrected chi connectivity index (χ2v) is 4.42. The lowest BCUT2D eigenvalue weighted by molar-refractivity contribution is -0.138. The average Bonchev–Trinajstić information content (AvgIpc) is 2.44. The van der Waals surface area contributed by atoms with Crippen LogP contribution in [0.15, 0.2) is 42.5 Å². The smallest absolute Gasteiger partial charge is 0.398 e. The van der Waals surface area contributed by atoms with Crippen LogP contribution in [0.2, 0.25) is 0 Å². The molecule has 3 nitrogen and oxygen atoms in total. The van der Waals surface area contributed by atoms with Gasteiger partial charge in [0.1, 0.15) is 6.07 Å². The highest BCUT2D eigenvalue weighted by Crippen LogP contribution is 2.32. The second-order valence-electron chi connectivity index (χ2n) is 4.42. The molecule has 0 saturated heterocycles. The standard InChI is InChI=1S/C15H12F3N3/c16-15(17,18)13-4-2-1-3-11(13)9-21-12-6-5-10(8-19)14(20)7-12/h1-7,21H,9,20H2. The third kappa shape index (κ3) is 3.45. The normalized spacial score (nSPS) is 11.0. The van der Waals surface area contributed by atoms with Crippen LogP contribution in [0.1, 0.15) is 16.7 Å². The summed E-state index contributed by atoms with van der Waals surface area (Å²) in [5.41, 5.74) is 6.31. The number of nitrogens with one attached hydrogen (secondary N) is 1. The summed E-state index contributed by atoms with van der Waals surface area (Å²) in [6.45, 7) is 0.0149. The van der Waals surface area contributed by atoms with Gasteiger partial charge in [-0.3, -0.25) is 0 Å². The van der Waals surface area contributed by atoms with Crippen LogP contribution in [-0.2, 0) is 12.7 Å². The molecule has 3 N–H and O–H groups in total. The van der Waals surface area contributed by atoms with Gasteiger partial charge in [0.15, 0.2) is 0 Å². The minimum atomic E-state index is -4.39. The fraction of sp³-hybridized carbons (Fsp3) is 0.133. The first-order chi connectivity index (χ1) is 9.91. The van der Waals surface area contributed by atoms with Gasteiger partial charge in [-0.2, -0.15) is 18.4 Å². The second kappa shape index (κ2) is 5.75. The highest BCUT2D eigenvalue weighted by molar-refractivity contribution is 5.62. The van der Waals surface area contributed by atoms with E-state index < -0.39 is 11.7 Å². The molecule has 0 heterocycles. The van der Waals surface area contributed by atoms with Gasteiger partial charge in [0.2, 0.25) is 0 Å². The Kier molecular flexibility index (Phi) is 4.03. The molecule has 0 aliphatic rings. The Hall–Kier alpha value is -2.68. The van der Waals surface area contributed by atoms with Crippen molar-refractivity contribution in [1.82, 2.24) is 0 Å². The summed E-state index contributed by atoms with van der Waals surface area (Å²) in [5.74, 6) is 0. The minimum absolute atomic E-state index is 0.0149. The Balaban J connectivity index is 2.18. The van der Waals surface area contributed by atoms with E-state index in [9.17, 15) is 13.2 Å². The van der Waals surface area contributed by atoms with Crippen molar-refractivity contribution in [3.05, 3.63) is 59.2 Å². The Morgan fingerprint density at radius 1 is 1.14 bits per heavy atom. The van der Waals surface area contributed by atoms with Gasteiger partial charge in [-0.15, -0.1) is 0 Å². The fourth-order valence-electron chi connectivity index (χ4n) is 1.92. The first kappa shape index (κ1) is 14.7. The minimum Gasteiger partial charge on any atom is -0.398 e. The van der Waals surface area contributed by atoms with Gasteiger partial charge in [-0.1, -0.05) is 18.2 Å². The summed E-state index contributed by atoms with van der Waals surface area (Å²) in [4.78, 5) is 0. The van der Waals surface area contributed by atoms with Crippen molar-refractivity contribution in [2.45, 2.75) is 12.7 Å². The maximum absolute atomic E-state index is 12.9. The van der Waals surface area contributed by atoms with Crippen molar-refractivity contribution in [1.29, 1.82) is 5.26 Å². The number of hydrogen-bond acceptors (Lipinski definition) is 3. The number of nitriles is 1. The summed E-state index contributed by atoms with van der Waals surface area (Å²) in [7, 11) is 0. The zero-order valence-electron chi connectivity index (χ0n) is 10.9. The van der Waals surface area contributed by atoms with Gasteiger partial charge in [0.25, 0.3) is 0 Å². The molecule has 21 heavy (non-hydrogen) atoms. The van der Waals surface area contributed by atoms with E-state index in [0.29, 0.717) is 11.3 Å². The van der Waals surface area contributed by atoms with Crippen molar-refractivity contribution in [3.63, 3.8) is 0 Å². The molecule has 0 spiro atoms. The number of alkyl halides is 3. The summed E-state index contributed by atoms with van der Waals surface area (Å²) in [5, 5.41) is 11.6. The molecule has 2 aromatic rings. The molecule has 0 bridgehead atoms. The topological polar surface area (TPSA) is 61.8 Å². The first-order valence-electron chi connectivity index (χ1n) is 6.10. The van der Waals surface area contributed by atoms with E-state index in [-0.39, 0.29) is 17.8 Å². The van der Waals surface area contributed by atoms with E-state index in [1.165, 1.54) is 24.3 Å². The van der Waals surface area contributed by atoms with E-state index in [4.69, 9.17) is 11.0 Å². The van der Waals surface area contributed by atoms with Gasteiger partial charge in [0, 0.05) is 12.2 Å². The molecule has 0 fully saturated rings. The third-order valence-electron chi connectivity index (χ3n) is 2.98. The largest absolute Gasteiger partial charge is 0.416 e. The molecule has 2 aromatic carbocycles. The number of nitrogen functional groups attached to an aromatic ring is 1. The van der Waals surface area contributed by atoms with Crippen LogP contribution >= 0.6 is 0 Å². The van der Waals surface area contributed by atoms with E-state index in [0.717, 1.165) is 6.07 Å². The lowest BCUT2D eigenvalue weighted by Crippen LogP contribution is -2.11. The van der Waals surface area contributed by atoms with Gasteiger partial charge in [-0.25, -0.2) is 0 Å². The van der Waals surface area contributed by atoms with Crippen molar-refractivity contribution in [3.8, 4) is 6.07 Å². The Labute approximate surface area is 119 Å². The molecule has 6 heteroatoms. The predicted molar refractivity (Wildman–Crippen MR) is 74.3 cm³/mol. The van der Waals surface area contributed by atoms with Crippen LogP contribution in [0, 0.1) is 11.3 Å². The highest BCUT2D eigenvalue weighted by atomic mass is 19.4. The van der Waals surface area contributed by atoms with Crippen molar-refractivity contribution >= 4 is 11.4 Å². The lowest BCUT2D eigenvalue weighted by Gasteiger charge is -2.14. The number of rotatable bonds is 3. The molecule has 0 unspecified atom stereocenters. The number of anilines is 2. The number of hydrogen-bond donors (Lipinski definition) is 2. The monoisotopic (exact) mass is 291 g/mol. The maximum atomic E-state index is 12.9. The molecule has 0 radical (unpaired) electrons. The molecule has 0 amide bonds. The summed E-state index contributed by atoms with van der Waals surface area (Å²) < 4.78 is 38.6. The van der Waals surface area contributed by atoms with Crippen molar-refractivity contribution in [2.75, 3.05) is 11.1 Å². The molecule has 2 rings (SSSR count). The zero-order valence-corrected chi connectivity index (χ0v) is 10.9. The number of benzene rings is 2. The van der Waals surface area contributed by atoms with Crippen LogP contribution in [0.4, 0.5) is 24.5 Å². The van der Waals surface area contributed by atoms with Crippen LogP contribution in [-0.4, -0.2) is 0 Å². The number of halogens is 3. The van der Waals surface area contributed by atoms with Crippen LogP contribution in [0.5, 0.6) is 0 Å². The van der Waals surface area contributed by atoms with Crippen LogP contribution in [0.25, 0.3) is 0 Å². The van der Waals surface area contributed by atoms with E-state index in [2.05, 4.69) is 5.32 Å². The van der Waals surface area contributed by atoms with Gasteiger partial charge in [0.05, 0.1) is 16.8 Å². The van der Waals surface area contributed by atoms with E-state index in [1.54, 1.807) is 12.1 Å². The molecule has 108 valence electrons. The zero-order chi connectivity index (χ0) is 15.5. The van der Waals surface area contributed by atoms with Gasteiger partial charge in [-0.05, 0) is 29.8 Å². The van der Waals surface area contributed by atoms with E-state index in [1.807, 2.05) is 6.07 Å². The molecule has 0 aliphatic carbocycles. The van der Waals surface area contributed by atoms with Crippen molar-refractivity contribution in [2.24, 2.45) is 0 Å². The number of nitrogens with zero attached hydrogens (tertiary/aromatic N) is 1. The fourth-order valence-corrected chi connectivity index (χ4v) is 1.92. The predicted octanol–water partition coefficient (Wildman–Crippen LogP) is 3.77. The molecule has 0 aromatic heterocycles. The SMILES string of the molecule is N#Cc1ccc(NCc2ccccc2C(F)(F)F)cc1N. The number of nitrogens with two attached hydrogens (primary N) is 1. The molecule has 0 atom stereocenters. The highest BCUT2D eigenvalue weighted by Gasteiger charge is 2.32. The third-order valence-corrected chi connectivity index (χ3v) is 2.98. The Morgan fingerprint density at radius 3 is 2.48 bits per heavy atom. The summed E-state index contributed by atoms with van der Waals surface area (Å²) >= 11 is 0. The quantitative estimate of drug-likeness (QED) is 0.846. The molecular formula is C15H12F3N3. The maximum Gasteiger partial charge on any atom is 0.416 e. The summed E-state index contributed by atoms with van der Waals surface area (Å²) in [6.07, 6.45) is -4.39. The van der Waals surface area contributed by atoms with Gasteiger partial charge >= 0.3 is 6.18 Å². The summed E-state index contributed by atoms with van der Waals surface area (Å²) in [6, 6.07) is 11.9. The molecule has 0 aliphatic heterocycles. The molecular weight excluding hydrogens is 279 g/mol. The van der Waals surface area contributed by atoms with Crippen LogP contribution < -0.4 is 11.1 Å². The lowest BCUT2D eigenvalue weighted by atomic mass is 10.1. The van der Waals surface area contributed by atoms with E-state index >= 15 is 0 Å². The van der Waals surface area contributed by atoms with Gasteiger partial charge < -0.3 is 11.1 Å². The Morgan fingerprint density at radius 2 is 1.86 bits per heavy atom. The Bertz CT molecular complexity index is 687. The van der Waals surface area contributed by atoms with Crippen LogP contribution in [0.3, 0.4) is 0 Å². The van der Waals surface area contributed by atoms with Crippen molar-refractivity contribution < 1.29 is 13.2 Å². The first-order valence-corrected chi connectivity index (χ1v) is 6.10. The average molecular weight is 291 g/mol.